The van der Waals surface area contributed by atoms with E-state index in [0.29, 0.717) is 6.42 Å². The highest BCUT2D eigenvalue weighted by Gasteiger charge is 1.98. The van der Waals surface area contributed by atoms with Crippen molar-refractivity contribution in [1.29, 1.82) is 0 Å². The topological polar surface area (TPSA) is 57.5 Å². The molecule has 26 heavy (non-hydrogen) atoms. The maximum absolute atomic E-state index is 10.2. The molecule has 0 saturated carbocycles. The van der Waals surface area contributed by atoms with Crippen LogP contribution >= 0.6 is 0 Å². The number of rotatable bonds is 15. The quantitative estimate of drug-likeness (QED) is 0.231. The van der Waals surface area contributed by atoms with Gasteiger partial charge in [0.1, 0.15) is 6.10 Å². The van der Waals surface area contributed by atoms with Crippen LogP contribution < -0.4 is 0 Å². The first kappa shape index (κ1) is 24.3. The van der Waals surface area contributed by atoms with Gasteiger partial charge in [-0.2, -0.15) is 0 Å². The second-order valence-corrected chi connectivity index (χ2v) is 6.71. The second kappa shape index (κ2) is 19.6. The number of carboxylic acid groups (broad SMARTS) is 1. The summed E-state index contributed by atoms with van der Waals surface area (Å²) >= 11 is 0. The minimum Gasteiger partial charge on any atom is -0.472 e. The molecule has 3 heteroatoms. The van der Waals surface area contributed by atoms with Crippen LogP contribution in [0, 0.1) is 23.7 Å². The van der Waals surface area contributed by atoms with Gasteiger partial charge < -0.3 is 10.2 Å². The van der Waals surface area contributed by atoms with Crippen molar-refractivity contribution in [2.75, 3.05) is 0 Å². The van der Waals surface area contributed by atoms with Gasteiger partial charge in [-0.25, -0.2) is 4.79 Å². The van der Waals surface area contributed by atoms with Gasteiger partial charge in [0.2, 0.25) is 0 Å². The highest BCUT2D eigenvalue weighted by atomic mass is 16.4. The molecule has 0 heterocycles. The van der Waals surface area contributed by atoms with Gasteiger partial charge in [-0.3, -0.25) is 0 Å². The summed E-state index contributed by atoms with van der Waals surface area (Å²) in [5.74, 6) is 7.81. The summed E-state index contributed by atoms with van der Waals surface area (Å²) in [4.78, 5) is 10.2. The Morgan fingerprint density at radius 2 is 1.38 bits per heavy atom. The number of allylic oxidation sites excluding steroid dienone is 2. The van der Waals surface area contributed by atoms with Crippen LogP contribution in [-0.4, -0.2) is 22.3 Å². The van der Waals surface area contributed by atoms with Gasteiger partial charge in [0.25, 0.3) is 0 Å². The lowest BCUT2D eigenvalue weighted by molar-refractivity contribution is -0.130. The summed E-state index contributed by atoms with van der Waals surface area (Å²) in [6.45, 7) is 2.25. The highest BCUT2D eigenvalue weighted by molar-refractivity contribution is 5.87. The predicted molar refractivity (Wildman–Crippen MR) is 109 cm³/mol. The van der Waals surface area contributed by atoms with E-state index in [4.69, 9.17) is 5.11 Å². The lowest BCUT2D eigenvalue weighted by Gasteiger charge is -2.03. The third kappa shape index (κ3) is 20.3. The Kier molecular flexibility index (Phi) is 18.3. The molecule has 3 nitrogen and oxygen atoms in total. The van der Waals surface area contributed by atoms with Crippen molar-refractivity contribution >= 4 is 5.97 Å². The Labute approximate surface area is 160 Å². The highest BCUT2D eigenvalue weighted by Crippen LogP contribution is 2.11. The van der Waals surface area contributed by atoms with Gasteiger partial charge in [-0.1, -0.05) is 76.4 Å². The Bertz CT molecular complexity index is 485. The SMILES string of the molecule is CCCCCC/C=C\CCCCCCCCC[C@@H](O)C#CC#CC(=O)O. The van der Waals surface area contributed by atoms with Crippen molar-refractivity contribution in [2.24, 2.45) is 0 Å². The number of carbonyl (C=O) groups is 1. The molecule has 0 aromatic heterocycles. The number of hydrogen-bond acceptors (Lipinski definition) is 2. The largest absolute Gasteiger partial charge is 0.472 e. The fraction of sp³-hybridized carbons (Fsp3) is 0.696. The van der Waals surface area contributed by atoms with Gasteiger partial charge in [-0.15, -0.1) is 0 Å². The number of hydrogen-bond donors (Lipinski definition) is 2. The van der Waals surface area contributed by atoms with Gasteiger partial charge in [0, 0.05) is 5.92 Å². The Morgan fingerprint density at radius 3 is 1.96 bits per heavy atom. The number of aliphatic hydroxyl groups excluding tert-OH is 1. The zero-order valence-corrected chi connectivity index (χ0v) is 16.4. The van der Waals surface area contributed by atoms with Crippen LogP contribution in [0.4, 0.5) is 0 Å². The van der Waals surface area contributed by atoms with Crippen LogP contribution in [0.1, 0.15) is 96.8 Å². The van der Waals surface area contributed by atoms with E-state index in [-0.39, 0.29) is 0 Å². The summed E-state index contributed by atoms with van der Waals surface area (Å²) < 4.78 is 0. The van der Waals surface area contributed by atoms with Gasteiger partial charge in [0.05, 0.1) is 0 Å². The Hall–Kier alpha value is -1.71. The summed E-state index contributed by atoms with van der Waals surface area (Å²) in [6, 6.07) is 0. The first-order valence-corrected chi connectivity index (χ1v) is 10.2. The van der Waals surface area contributed by atoms with E-state index in [1.165, 1.54) is 70.6 Å². The molecular formula is C23H36O3. The maximum Gasteiger partial charge on any atom is 0.382 e. The normalized spacial score (nSPS) is 11.5. The molecule has 146 valence electrons. The lowest BCUT2D eigenvalue weighted by Crippen LogP contribution is -2.02. The molecule has 0 bridgehead atoms. The van der Waals surface area contributed by atoms with Crippen molar-refractivity contribution in [1.82, 2.24) is 0 Å². The predicted octanol–water partition coefficient (Wildman–Crippen LogP) is 5.48. The summed E-state index contributed by atoms with van der Waals surface area (Å²) in [7, 11) is 0. The van der Waals surface area contributed by atoms with Crippen molar-refractivity contribution in [3.63, 3.8) is 0 Å². The molecule has 0 rings (SSSR count). The van der Waals surface area contributed by atoms with Crippen LogP contribution in [0.25, 0.3) is 0 Å². The molecule has 0 unspecified atom stereocenters. The van der Waals surface area contributed by atoms with E-state index in [0.717, 1.165) is 12.8 Å². The average Bonchev–Trinajstić information content (AvgIpc) is 2.62. The van der Waals surface area contributed by atoms with Crippen molar-refractivity contribution in [3.05, 3.63) is 12.2 Å². The van der Waals surface area contributed by atoms with Crippen LogP contribution in [0.3, 0.4) is 0 Å². The molecule has 0 spiro atoms. The van der Waals surface area contributed by atoms with Gasteiger partial charge in [-0.05, 0) is 50.4 Å². The molecule has 0 saturated heterocycles. The van der Waals surface area contributed by atoms with E-state index in [1.807, 2.05) is 5.92 Å². The third-order valence-electron chi connectivity index (χ3n) is 4.21. The Morgan fingerprint density at radius 1 is 0.846 bits per heavy atom. The fourth-order valence-electron chi connectivity index (χ4n) is 2.68. The number of aliphatic carboxylic acids is 1. The van der Waals surface area contributed by atoms with E-state index < -0.39 is 12.1 Å². The Balaban J connectivity index is 3.35. The number of unbranched alkanes of at least 4 members (excludes halogenated alkanes) is 11. The maximum atomic E-state index is 10.2. The van der Waals surface area contributed by atoms with Crippen molar-refractivity contribution in [3.8, 4) is 23.7 Å². The van der Waals surface area contributed by atoms with Crippen molar-refractivity contribution < 1.29 is 15.0 Å². The molecule has 0 amide bonds. The molecule has 0 aromatic carbocycles. The molecule has 0 aliphatic rings. The monoisotopic (exact) mass is 360 g/mol. The molecule has 0 aliphatic heterocycles. The van der Waals surface area contributed by atoms with Crippen molar-refractivity contribution in [2.45, 2.75) is 103 Å². The molecule has 0 aliphatic carbocycles. The van der Waals surface area contributed by atoms with Crippen LogP contribution in [-0.2, 0) is 4.79 Å². The second-order valence-electron chi connectivity index (χ2n) is 6.71. The lowest BCUT2D eigenvalue weighted by atomic mass is 10.1. The molecule has 0 fully saturated rings. The minimum absolute atomic E-state index is 0.630. The summed E-state index contributed by atoms with van der Waals surface area (Å²) in [6.07, 6.45) is 20.8. The smallest absolute Gasteiger partial charge is 0.382 e. The summed E-state index contributed by atoms with van der Waals surface area (Å²) in [5.41, 5.74) is 0. The molecular weight excluding hydrogens is 324 g/mol. The zero-order valence-electron chi connectivity index (χ0n) is 16.4. The fourth-order valence-corrected chi connectivity index (χ4v) is 2.68. The van der Waals surface area contributed by atoms with E-state index in [9.17, 15) is 9.90 Å². The van der Waals surface area contributed by atoms with E-state index in [2.05, 4.69) is 36.8 Å². The molecule has 0 radical (unpaired) electrons. The van der Waals surface area contributed by atoms with Crippen LogP contribution in [0.5, 0.6) is 0 Å². The average molecular weight is 361 g/mol. The zero-order chi connectivity index (χ0) is 19.3. The van der Waals surface area contributed by atoms with Crippen LogP contribution in [0.2, 0.25) is 0 Å². The van der Waals surface area contributed by atoms with E-state index in [1.54, 1.807) is 0 Å². The molecule has 0 aromatic rings. The van der Waals surface area contributed by atoms with Gasteiger partial charge >= 0.3 is 5.97 Å². The van der Waals surface area contributed by atoms with Gasteiger partial charge in [0.15, 0.2) is 0 Å². The molecule has 2 N–H and O–H groups in total. The number of aliphatic hydroxyl groups is 1. The first-order valence-electron chi connectivity index (χ1n) is 10.2. The summed E-state index contributed by atoms with van der Waals surface area (Å²) in [5, 5.41) is 17.9. The van der Waals surface area contributed by atoms with Crippen LogP contribution in [0.15, 0.2) is 12.2 Å². The molecule has 1 atom stereocenters. The standard InChI is InChI=1S/C23H36O3/c1-2-3-4-5-6-7-8-9-10-11-12-13-14-15-16-19-22(24)20-17-18-21-23(25)26/h7-8,22,24H,2-6,9-16,19H2,1H3,(H,25,26)/b8-7-/t22-/m1/s1. The minimum atomic E-state index is -1.20. The number of carboxylic acids is 1. The first-order chi connectivity index (χ1) is 12.7. The third-order valence-corrected chi connectivity index (χ3v) is 4.21. The van der Waals surface area contributed by atoms with E-state index >= 15 is 0 Å².